The van der Waals surface area contributed by atoms with Crippen molar-refractivity contribution in [2.45, 2.75) is 31.2 Å². The van der Waals surface area contributed by atoms with Crippen LogP contribution in [0.15, 0.2) is 18.2 Å². The molecule has 4 nitrogen and oxygen atoms in total. The molecule has 0 amide bonds. The molecule has 0 fully saturated rings. The van der Waals surface area contributed by atoms with E-state index in [1.54, 1.807) is 7.11 Å². The van der Waals surface area contributed by atoms with Crippen LogP contribution in [-0.2, 0) is 16.0 Å². The van der Waals surface area contributed by atoms with E-state index in [0.29, 0.717) is 6.42 Å². The molecule has 0 heterocycles. The molecule has 18 heavy (non-hydrogen) atoms. The van der Waals surface area contributed by atoms with Crippen molar-refractivity contribution in [3.63, 3.8) is 0 Å². The lowest BCUT2D eigenvalue weighted by atomic mass is 9.93. The van der Waals surface area contributed by atoms with Crippen molar-refractivity contribution in [1.29, 1.82) is 0 Å². The Balaban J connectivity index is 2.15. The van der Waals surface area contributed by atoms with Gasteiger partial charge in [-0.2, -0.15) is 0 Å². The third-order valence-electron chi connectivity index (χ3n) is 3.61. The summed E-state index contributed by atoms with van der Waals surface area (Å²) in [5.74, 6) is 0.874. The van der Waals surface area contributed by atoms with Crippen LogP contribution in [0.2, 0.25) is 0 Å². The molecule has 0 saturated heterocycles. The summed E-state index contributed by atoms with van der Waals surface area (Å²) in [6, 6.07) is 6.13. The number of ether oxygens (including phenoxy) is 2. The normalized spacial score (nSPS) is 21.5. The Labute approximate surface area is 107 Å². The van der Waals surface area contributed by atoms with Crippen LogP contribution in [0.1, 0.15) is 29.9 Å². The Kier molecular flexibility index (Phi) is 3.87. The largest absolute Gasteiger partial charge is 0.497 e. The second-order valence-electron chi connectivity index (χ2n) is 4.65. The van der Waals surface area contributed by atoms with E-state index in [0.717, 1.165) is 18.6 Å². The minimum atomic E-state index is -0.182. The molecule has 0 bridgehead atoms. The zero-order valence-corrected chi connectivity index (χ0v) is 10.8. The van der Waals surface area contributed by atoms with Crippen LogP contribution < -0.4 is 10.5 Å². The van der Waals surface area contributed by atoms with Gasteiger partial charge in [-0.05, 0) is 36.1 Å². The molecular formula is C14H19NO3. The van der Waals surface area contributed by atoms with Crippen LogP contribution >= 0.6 is 0 Å². The quantitative estimate of drug-likeness (QED) is 0.824. The molecular weight excluding hydrogens is 230 g/mol. The fraction of sp³-hybridized carbons (Fsp3) is 0.500. The predicted octanol–water partition coefficient (Wildman–Crippen LogP) is 1.62. The van der Waals surface area contributed by atoms with Crippen molar-refractivity contribution in [2.24, 2.45) is 5.73 Å². The number of fused-ring (bicyclic) bond motifs is 1. The van der Waals surface area contributed by atoms with Crippen LogP contribution in [0.5, 0.6) is 5.75 Å². The third kappa shape index (κ3) is 2.48. The van der Waals surface area contributed by atoms with E-state index in [1.165, 1.54) is 18.2 Å². The van der Waals surface area contributed by atoms with Crippen molar-refractivity contribution < 1.29 is 14.3 Å². The number of carbonyl (C=O) groups excluding carboxylic acids is 1. The van der Waals surface area contributed by atoms with Crippen LogP contribution in [0.3, 0.4) is 0 Å². The molecule has 98 valence electrons. The minimum absolute atomic E-state index is 0.0803. The Bertz CT molecular complexity index is 445. The molecule has 1 aliphatic carbocycles. The molecule has 0 aliphatic heterocycles. The Hall–Kier alpha value is -1.55. The van der Waals surface area contributed by atoms with Gasteiger partial charge >= 0.3 is 5.97 Å². The standard InChI is InChI=1S/C14H19NO3/c1-17-10-4-3-9-7-13(15)11(12(9)8-10)5-6-14(16)18-2/h3-4,8,11,13H,5-7,15H2,1-2H3. The first kappa shape index (κ1) is 12.9. The smallest absolute Gasteiger partial charge is 0.305 e. The van der Waals surface area contributed by atoms with E-state index in [1.807, 2.05) is 12.1 Å². The van der Waals surface area contributed by atoms with Gasteiger partial charge in [0.05, 0.1) is 14.2 Å². The number of hydrogen-bond donors (Lipinski definition) is 1. The monoisotopic (exact) mass is 249 g/mol. The van der Waals surface area contributed by atoms with E-state index in [9.17, 15) is 4.79 Å². The van der Waals surface area contributed by atoms with E-state index in [-0.39, 0.29) is 17.9 Å². The maximum absolute atomic E-state index is 11.2. The predicted molar refractivity (Wildman–Crippen MR) is 68.7 cm³/mol. The maximum Gasteiger partial charge on any atom is 0.305 e. The van der Waals surface area contributed by atoms with Gasteiger partial charge in [0.1, 0.15) is 5.75 Å². The van der Waals surface area contributed by atoms with Crippen molar-refractivity contribution in [3.8, 4) is 5.75 Å². The summed E-state index contributed by atoms with van der Waals surface area (Å²) >= 11 is 0. The highest BCUT2D eigenvalue weighted by molar-refractivity contribution is 5.69. The number of nitrogens with two attached hydrogens (primary N) is 1. The average Bonchev–Trinajstić information content (AvgIpc) is 2.70. The summed E-state index contributed by atoms with van der Waals surface area (Å²) in [7, 11) is 3.06. The molecule has 1 aromatic carbocycles. The molecule has 0 radical (unpaired) electrons. The summed E-state index contributed by atoms with van der Waals surface area (Å²) in [5.41, 5.74) is 8.63. The van der Waals surface area contributed by atoms with E-state index in [2.05, 4.69) is 10.8 Å². The molecule has 1 aliphatic rings. The second kappa shape index (κ2) is 5.40. The van der Waals surface area contributed by atoms with Crippen LogP contribution in [0.25, 0.3) is 0 Å². The van der Waals surface area contributed by atoms with Crippen molar-refractivity contribution in [2.75, 3.05) is 14.2 Å². The van der Waals surface area contributed by atoms with Gasteiger partial charge in [0.15, 0.2) is 0 Å². The summed E-state index contributed by atoms with van der Waals surface area (Å²) in [6.45, 7) is 0. The maximum atomic E-state index is 11.2. The van der Waals surface area contributed by atoms with E-state index >= 15 is 0 Å². The van der Waals surface area contributed by atoms with Crippen molar-refractivity contribution in [3.05, 3.63) is 29.3 Å². The van der Waals surface area contributed by atoms with Gasteiger partial charge in [-0.3, -0.25) is 4.79 Å². The third-order valence-corrected chi connectivity index (χ3v) is 3.61. The first-order valence-corrected chi connectivity index (χ1v) is 6.15. The lowest BCUT2D eigenvalue weighted by molar-refractivity contribution is -0.140. The summed E-state index contributed by atoms with van der Waals surface area (Å²) in [6.07, 6.45) is 2.00. The Morgan fingerprint density at radius 3 is 2.89 bits per heavy atom. The van der Waals surface area contributed by atoms with Gasteiger partial charge in [-0.15, -0.1) is 0 Å². The topological polar surface area (TPSA) is 61.5 Å². The number of carbonyl (C=O) groups is 1. The molecule has 1 aromatic rings. The second-order valence-corrected chi connectivity index (χ2v) is 4.65. The molecule has 0 saturated carbocycles. The SMILES string of the molecule is COC(=O)CCC1c2cc(OC)ccc2CC1N. The van der Waals surface area contributed by atoms with Gasteiger partial charge in [0.2, 0.25) is 0 Å². The Morgan fingerprint density at radius 1 is 1.44 bits per heavy atom. The molecule has 0 aromatic heterocycles. The molecule has 2 unspecified atom stereocenters. The zero-order chi connectivity index (χ0) is 13.1. The number of rotatable bonds is 4. The lowest BCUT2D eigenvalue weighted by Crippen LogP contribution is -2.25. The minimum Gasteiger partial charge on any atom is -0.497 e. The van der Waals surface area contributed by atoms with Gasteiger partial charge < -0.3 is 15.2 Å². The van der Waals surface area contributed by atoms with Crippen LogP contribution in [-0.4, -0.2) is 26.2 Å². The van der Waals surface area contributed by atoms with Crippen molar-refractivity contribution in [1.82, 2.24) is 0 Å². The summed E-state index contributed by atoms with van der Waals surface area (Å²) in [4.78, 5) is 11.2. The summed E-state index contributed by atoms with van der Waals surface area (Å²) < 4.78 is 9.91. The number of hydrogen-bond acceptors (Lipinski definition) is 4. The van der Waals surface area contributed by atoms with Crippen LogP contribution in [0, 0.1) is 0 Å². The zero-order valence-electron chi connectivity index (χ0n) is 10.8. The molecule has 0 spiro atoms. The highest BCUT2D eigenvalue weighted by Gasteiger charge is 2.30. The first-order valence-electron chi connectivity index (χ1n) is 6.15. The molecule has 2 N–H and O–H groups in total. The molecule has 2 rings (SSSR count). The average molecular weight is 249 g/mol. The lowest BCUT2D eigenvalue weighted by Gasteiger charge is -2.16. The highest BCUT2D eigenvalue weighted by Crippen LogP contribution is 2.37. The fourth-order valence-corrected chi connectivity index (χ4v) is 2.60. The summed E-state index contributed by atoms with van der Waals surface area (Å²) in [5, 5.41) is 0. The molecule has 4 heteroatoms. The number of benzene rings is 1. The number of methoxy groups -OCH3 is 2. The van der Waals surface area contributed by atoms with Crippen LogP contribution in [0.4, 0.5) is 0 Å². The number of esters is 1. The van der Waals surface area contributed by atoms with Gasteiger partial charge in [-0.1, -0.05) is 6.07 Å². The molecule has 2 atom stereocenters. The highest BCUT2D eigenvalue weighted by atomic mass is 16.5. The first-order chi connectivity index (χ1) is 8.65. The fourth-order valence-electron chi connectivity index (χ4n) is 2.60. The van der Waals surface area contributed by atoms with Crippen molar-refractivity contribution >= 4 is 5.97 Å². The van der Waals surface area contributed by atoms with E-state index < -0.39 is 0 Å². The van der Waals surface area contributed by atoms with E-state index in [4.69, 9.17) is 10.5 Å². The van der Waals surface area contributed by atoms with Gasteiger partial charge in [0, 0.05) is 18.4 Å². The van der Waals surface area contributed by atoms with Gasteiger partial charge in [0.25, 0.3) is 0 Å². The Morgan fingerprint density at radius 2 is 2.22 bits per heavy atom. The van der Waals surface area contributed by atoms with Gasteiger partial charge in [-0.25, -0.2) is 0 Å².